The van der Waals surface area contributed by atoms with Gasteiger partial charge < -0.3 is 20.1 Å². The van der Waals surface area contributed by atoms with Crippen molar-refractivity contribution in [2.75, 3.05) is 33.9 Å². The van der Waals surface area contributed by atoms with Crippen LogP contribution in [0.25, 0.3) is 0 Å². The maximum atomic E-state index is 12.3. The quantitative estimate of drug-likeness (QED) is 0.869. The summed E-state index contributed by atoms with van der Waals surface area (Å²) in [5, 5.41) is 6.38. The van der Waals surface area contributed by atoms with Crippen molar-refractivity contribution in [3.63, 3.8) is 0 Å². The number of ether oxygens (including phenoxy) is 2. The Morgan fingerprint density at radius 2 is 1.76 bits per heavy atom. The predicted octanol–water partition coefficient (Wildman–Crippen LogP) is 1.82. The fourth-order valence-electron chi connectivity index (χ4n) is 2.54. The summed E-state index contributed by atoms with van der Waals surface area (Å²) in [6, 6.07) is 5.20. The van der Waals surface area contributed by atoms with E-state index in [4.69, 9.17) is 9.47 Å². The molecule has 0 radical (unpaired) electrons. The Morgan fingerprint density at radius 3 is 2.29 bits per heavy atom. The smallest absolute Gasteiger partial charge is 0.251 e. The van der Waals surface area contributed by atoms with Crippen LogP contribution in [0.1, 0.15) is 30.1 Å². The predicted molar refractivity (Wildman–Crippen MR) is 82.1 cm³/mol. The van der Waals surface area contributed by atoms with Gasteiger partial charge in [-0.2, -0.15) is 0 Å². The van der Waals surface area contributed by atoms with Crippen LogP contribution in [-0.4, -0.2) is 39.8 Å². The van der Waals surface area contributed by atoms with E-state index in [1.54, 1.807) is 32.4 Å². The van der Waals surface area contributed by atoms with Gasteiger partial charge in [0.1, 0.15) is 11.5 Å². The zero-order chi connectivity index (χ0) is 15.3. The maximum Gasteiger partial charge on any atom is 0.251 e. The van der Waals surface area contributed by atoms with E-state index in [-0.39, 0.29) is 11.3 Å². The number of rotatable bonds is 5. The van der Waals surface area contributed by atoms with Gasteiger partial charge in [0.05, 0.1) is 14.2 Å². The van der Waals surface area contributed by atoms with Gasteiger partial charge in [0.15, 0.2) is 0 Å². The highest BCUT2D eigenvalue weighted by atomic mass is 16.5. The molecule has 0 spiro atoms. The third-order valence-corrected chi connectivity index (χ3v) is 4.10. The summed E-state index contributed by atoms with van der Waals surface area (Å²) in [4.78, 5) is 12.3. The Hall–Kier alpha value is -1.75. The number of carbonyl (C=O) groups excluding carboxylic acids is 1. The molecule has 1 fully saturated rings. The Labute approximate surface area is 126 Å². The van der Waals surface area contributed by atoms with Crippen molar-refractivity contribution in [3.8, 4) is 11.5 Å². The molecule has 2 rings (SSSR count). The normalized spacial score (nSPS) is 17.1. The number of amides is 1. The van der Waals surface area contributed by atoms with E-state index >= 15 is 0 Å². The third kappa shape index (κ3) is 4.11. The van der Waals surface area contributed by atoms with Crippen molar-refractivity contribution in [2.24, 2.45) is 5.41 Å². The van der Waals surface area contributed by atoms with Crippen LogP contribution in [0.15, 0.2) is 18.2 Å². The van der Waals surface area contributed by atoms with Crippen LogP contribution >= 0.6 is 0 Å². The monoisotopic (exact) mass is 292 g/mol. The molecule has 5 heteroatoms. The highest BCUT2D eigenvalue weighted by molar-refractivity contribution is 5.95. The summed E-state index contributed by atoms with van der Waals surface area (Å²) < 4.78 is 10.4. The van der Waals surface area contributed by atoms with Gasteiger partial charge in [-0.1, -0.05) is 6.92 Å². The number of benzene rings is 1. The molecule has 1 amide bonds. The molecule has 0 aromatic heterocycles. The SMILES string of the molecule is COc1cc(OC)cc(C(=O)NCC2(C)CCNCC2)c1. The van der Waals surface area contributed by atoms with Crippen LogP contribution in [0.2, 0.25) is 0 Å². The van der Waals surface area contributed by atoms with Crippen molar-refractivity contribution in [3.05, 3.63) is 23.8 Å². The van der Waals surface area contributed by atoms with Crippen LogP contribution < -0.4 is 20.1 Å². The minimum atomic E-state index is -0.0908. The van der Waals surface area contributed by atoms with Gasteiger partial charge in [0.2, 0.25) is 0 Å². The van der Waals surface area contributed by atoms with Gasteiger partial charge in [-0.15, -0.1) is 0 Å². The molecule has 5 nitrogen and oxygen atoms in total. The number of hydrogen-bond donors (Lipinski definition) is 2. The summed E-state index contributed by atoms with van der Waals surface area (Å²) in [5.74, 6) is 1.15. The molecule has 1 aromatic carbocycles. The Bertz CT molecular complexity index is 474. The lowest BCUT2D eigenvalue weighted by atomic mass is 9.81. The van der Waals surface area contributed by atoms with Crippen molar-refractivity contribution >= 4 is 5.91 Å². The first-order valence-corrected chi connectivity index (χ1v) is 7.28. The fraction of sp³-hybridized carbons (Fsp3) is 0.562. The second-order valence-corrected chi connectivity index (χ2v) is 5.84. The largest absolute Gasteiger partial charge is 0.497 e. The van der Waals surface area contributed by atoms with Gasteiger partial charge in [-0.3, -0.25) is 4.79 Å². The standard InChI is InChI=1S/C16H24N2O3/c1-16(4-6-17-7-5-16)11-18-15(19)12-8-13(20-2)10-14(9-12)21-3/h8-10,17H,4-7,11H2,1-3H3,(H,18,19). The lowest BCUT2D eigenvalue weighted by Gasteiger charge is -2.34. The fourth-order valence-corrected chi connectivity index (χ4v) is 2.54. The highest BCUT2D eigenvalue weighted by Crippen LogP contribution is 2.27. The number of nitrogens with one attached hydrogen (secondary N) is 2. The molecule has 0 saturated carbocycles. The topological polar surface area (TPSA) is 59.6 Å². The number of carbonyl (C=O) groups is 1. The van der Waals surface area contributed by atoms with Crippen LogP contribution in [0, 0.1) is 5.41 Å². The lowest BCUT2D eigenvalue weighted by Crippen LogP contribution is -2.42. The number of hydrogen-bond acceptors (Lipinski definition) is 4. The van der Waals surface area contributed by atoms with E-state index in [1.807, 2.05) is 0 Å². The van der Waals surface area contributed by atoms with Gasteiger partial charge >= 0.3 is 0 Å². The summed E-state index contributed by atoms with van der Waals surface area (Å²) in [6.07, 6.45) is 2.16. The van der Waals surface area contributed by atoms with E-state index in [1.165, 1.54) is 0 Å². The van der Waals surface area contributed by atoms with E-state index in [2.05, 4.69) is 17.6 Å². The minimum Gasteiger partial charge on any atom is -0.497 e. The summed E-state index contributed by atoms with van der Waals surface area (Å²) >= 11 is 0. The van der Waals surface area contributed by atoms with E-state index in [0.717, 1.165) is 25.9 Å². The highest BCUT2D eigenvalue weighted by Gasteiger charge is 2.27. The summed E-state index contributed by atoms with van der Waals surface area (Å²) in [7, 11) is 3.15. The first kappa shape index (κ1) is 15.6. The van der Waals surface area contributed by atoms with Crippen molar-refractivity contribution in [1.82, 2.24) is 10.6 Å². The van der Waals surface area contributed by atoms with E-state index in [9.17, 15) is 4.79 Å². The molecule has 116 valence electrons. The molecule has 2 N–H and O–H groups in total. The molecule has 0 bridgehead atoms. The molecule has 1 heterocycles. The minimum absolute atomic E-state index is 0.0908. The zero-order valence-electron chi connectivity index (χ0n) is 13.0. The second-order valence-electron chi connectivity index (χ2n) is 5.84. The molecule has 0 unspecified atom stereocenters. The van der Waals surface area contributed by atoms with Gasteiger partial charge in [-0.25, -0.2) is 0 Å². The van der Waals surface area contributed by atoms with Gasteiger partial charge in [-0.05, 0) is 43.5 Å². The average molecular weight is 292 g/mol. The lowest BCUT2D eigenvalue weighted by molar-refractivity contribution is 0.0921. The van der Waals surface area contributed by atoms with Crippen molar-refractivity contribution in [1.29, 1.82) is 0 Å². The Kier molecular flexibility index (Phi) is 5.07. The zero-order valence-corrected chi connectivity index (χ0v) is 13.0. The van der Waals surface area contributed by atoms with Crippen LogP contribution in [0.3, 0.4) is 0 Å². The van der Waals surface area contributed by atoms with Crippen molar-refractivity contribution in [2.45, 2.75) is 19.8 Å². The third-order valence-electron chi connectivity index (χ3n) is 4.10. The van der Waals surface area contributed by atoms with Gasteiger partial charge in [0, 0.05) is 18.2 Å². The van der Waals surface area contributed by atoms with Crippen LogP contribution in [0.5, 0.6) is 11.5 Å². The molecule has 1 aliphatic rings. The van der Waals surface area contributed by atoms with Crippen LogP contribution in [-0.2, 0) is 0 Å². The maximum absolute atomic E-state index is 12.3. The molecule has 1 saturated heterocycles. The number of methoxy groups -OCH3 is 2. The Balaban J connectivity index is 2.02. The molecular weight excluding hydrogens is 268 g/mol. The first-order valence-electron chi connectivity index (χ1n) is 7.28. The van der Waals surface area contributed by atoms with Crippen LogP contribution in [0.4, 0.5) is 0 Å². The molecule has 21 heavy (non-hydrogen) atoms. The average Bonchev–Trinajstić information content (AvgIpc) is 2.52. The van der Waals surface area contributed by atoms with Crippen molar-refractivity contribution < 1.29 is 14.3 Å². The van der Waals surface area contributed by atoms with Gasteiger partial charge in [0.25, 0.3) is 5.91 Å². The van der Waals surface area contributed by atoms with E-state index in [0.29, 0.717) is 23.6 Å². The molecule has 0 atom stereocenters. The molecular formula is C16H24N2O3. The van der Waals surface area contributed by atoms with E-state index < -0.39 is 0 Å². The first-order chi connectivity index (χ1) is 10.1. The second kappa shape index (κ2) is 6.80. The molecule has 1 aliphatic heterocycles. The molecule has 0 aliphatic carbocycles. The summed E-state index contributed by atoms with van der Waals surface area (Å²) in [5.41, 5.74) is 0.730. The molecule has 1 aromatic rings. The number of piperidine rings is 1. The summed E-state index contributed by atoms with van der Waals surface area (Å²) in [6.45, 7) is 4.94. The Morgan fingerprint density at radius 1 is 1.19 bits per heavy atom.